The molecule has 39 heavy (non-hydrogen) atoms. The van der Waals surface area contributed by atoms with Gasteiger partial charge in [-0.05, 0) is 54.4 Å². The molecule has 0 atom stereocenters. The molecule has 0 bridgehead atoms. The van der Waals surface area contributed by atoms with Crippen LogP contribution in [0.1, 0.15) is 5.56 Å². The van der Waals surface area contributed by atoms with E-state index in [-0.39, 0.29) is 22.2 Å². The van der Waals surface area contributed by atoms with Crippen molar-refractivity contribution in [3.8, 4) is 11.1 Å². The summed E-state index contributed by atoms with van der Waals surface area (Å²) in [5.41, 5.74) is 3.16. The highest BCUT2D eigenvalue weighted by molar-refractivity contribution is 7.90. The van der Waals surface area contributed by atoms with Gasteiger partial charge in [0, 0.05) is 50.1 Å². The normalized spacial score (nSPS) is 14.4. The Morgan fingerprint density at radius 2 is 1.85 bits per heavy atom. The van der Waals surface area contributed by atoms with Crippen LogP contribution in [0.2, 0.25) is 5.02 Å². The molecule has 5 rings (SSSR count). The second-order valence-corrected chi connectivity index (χ2v) is 11.6. The zero-order chi connectivity index (χ0) is 27.9. The van der Waals surface area contributed by atoms with Gasteiger partial charge in [0.15, 0.2) is 0 Å². The van der Waals surface area contributed by atoms with Crippen LogP contribution in [0.5, 0.6) is 0 Å². The van der Waals surface area contributed by atoms with Crippen LogP contribution < -0.4 is 15.6 Å². The van der Waals surface area contributed by atoms with Gasteiger partial charge in [0.05, 0.1) is 34.5 Å². The fraction of sp³-hybridized carbons (Fsp3) is 0.259. The lowest BCUT2D eigenvalue weighted by Gasteiger charge is -2.37. The maximum atomic E-state index is 14.9. The zero-order valence-electron chi connectivity index (χ0n) is 21.5. The number of anilines is 3. The smallest absolute Gasteiger partial charge is 0.301 e. The lowest BCUT2D eigenvalue weighted by Crippen LogP contribution is -2.53. The third-order valence-electron chi connectivity index (χ3n) is 6.81. The van der Waals surface area contributed by atoms with E-state index in [0.717, 1.165) is 0 Å². The van der Waals surface area contributed by atoms with Crippen LogP contribution in [0.4, 0.5) is 21.5 Å². The van der Waals surface area contributed by atoms with E-state index >= 15 is 0 Å². The SMILES string of the molecule is COCC1CN(S(=O)(=O)Nc2ccc(-c3ccc(F)c(Nc4ccc5ncn(C)c(=O)c5c4C)c3Cl)cc2)C1. The molecule has 2 heterocycles. The fourth-order valence-corrected chi connectivity index (χ4v) is 6.29. The molecular weight excluding hydrogens is 545 g/mol. The van der Waals surface area contributed by atoms with Crippen LogP contribution in [0.15, 0.2) is 59.7 Å². The first-order chi connectivity index (χ1) is 18.6. The van der Waals surface area contributed by atoms with E-state index < -0.39 is 16.0 Å². The molecule has 2 N–H and O–H groups in total. The van der Waals surface area contributed by atoms with E-state index in [9.17, 15) is 17.6 Å². The molecule has 1 saturated heterocycles. The van der Waals surface area contributed by atoms with Crippen LogP contribution in [0, 0.1) is 18.7 Å². The largest absolute Gasteiger partial charge is 0.384 e. The number of ether oxygens (including phenoxy) is 1. The number of rotatable bonds is 8. The minimum atomic E-state index is -3.67. The summed E-state index contributed by atoms with van der Waals surface area (Å²) >= 11 is 6.67. The van der Waals surface area contributed by atoms with Gasteiger partial charge < -0.3 is 14.6 Å². The molecule has 4 aromatic rings. The highest BCUT2D eigenvalue weighted by Crippen LogP contribution is 2.38. The zero-order valence-corrected chi connectivity index (χ0v) is 23.1. The van der Waals surface area contributed by atoms with Gasteiger partial charge in [0.25, 0.3) is 5.56 Å². The summed E-state index contributed by atoms with van der Waals surface area (Å²) in [6, 6.07) is 13.0. The van der Waals surface area contributed by atoms with Crippen LogP contribution in [0.25, 0.3) is 22.0 Å². The third kappa shape index (κ3) is 5.22. The summed E-state index contributed by atoms with van der Waals surface area (Å²) in [6.07, 6.45) is 1.46. The van der Waals surface area contributed by atoms with Crippen molar-refractivity contribution in [3.63, 3.8) is 0 Å². The molecular formula is C27H27ClFN5O4S. The van der Waals surface area contributed by atoms with Crippen molar-refractivity contribution in [3.05, 3.63) is 81.6 Å². The lowest BCUT2D eigenvalue weighted by molar-refractivity contribution is 0.0825. The van der Waals surface area contributed by atoms with Gasteiger partial charge in [-0.1, -0.05) is 23.7 Å². The summed E-state index contributed by atoms with van der Waals surface area (Å²) in [4.78, 5) is 17.0. The second-order valence-electron chi connectivity index (χ2n) is 9.52. The Morgan fingerprint density at radius 1 is 1.13 bits per heavy atom. The summed E-state index contributed by atoms with van der Waals surface area (Å²) in [6.45, 7) is 3.10. The predicted molar refractivity (Wildman–Crippen MR) is 151 cm³/mol. The van der Waals surface area contributed by atoms with Gasteiger partial charge in [-0.25, -0.2) is 9.37 Å². The van der Waals surface area contributed by atoms with E-state index in [0.29, 0.717) is 58.7 Å². The van der Waals surface area contributed by atoms with Crippen LogP contribution in [0.3, 0.4) is 0 Å². The lowest BCUT2D eigenvalue weighted by atomic mass is 10.0. The Labute approximate surface area is 230 Å². The fourth-order valence-electron chi connectivity index (χ4n) is 4.60. The molecule has 1 aliphatic heterocycles. The van der Waals surface area contributed by atoms with Crippen molar-refractivity contribution >= 4 is 49.8 Å². The van der Waals surface area contributed by atoms with E-state index in [1.807, 2.05) is 0 Å². The van der Waals surface area contributed by atoms with Crippen molar-refractivity contribution in [1.82, 2.24) is 13.9 Å². The maximum absolute atomic E-state index is 14.9. The molecule has 9 nitrogen and oxygen atoms in total. The molecule has 1 fully saturated rings. The third-order valence-corrected chi connectivity index (χ3v) is 8.67. The minimum Gasteiger partial charge on any atom is -0.384 e. The number of halogens is 2. The number of hydrogen-bond acceptors (Lipinski definition) is 6. The van der Waals surface area contributed by atoms with Gasteiger partial charge >= 0.3 is 10.2 Å². The van der Waals surface area contributed by atoms with Gasteiger partial charge in [-0.3, -0.25) is 9.52 Å². The molecule has 0 saturated carbocycles. The van der Waals surface area contributed by atoms with Gasteiger partial charge in [0.2, 0.25) is 0 Å². The monoisotopic (exact) mass is 571 g/mol. The van der Waals surface area contributed by atoms with Crippen LogP contribution in [-0.2, 0) is 22.0 Å². The molecule has 12 heteroatoms. The number of nitrogens with zero attached hydrogens (tertiary/aromatic N) is 3. The van der Waals surface area contributed by atoms with Crippen molar-refractivity contribution in [2.45, 2.75) is 6.92 Å². The quantitative estimate of drug-likeness (QED) is 0.318. The molecule has 0 amide bonds. The number of aromatic nitrogens is 2. The van der Waals surface area contributed by atoms with Crippen molar-refractivity contribution < 1.29 is 17.5 Å². The summed E-state index contributed by atoms with van der Waals surface area (Å²) in [5.74, 6) is -0.370. The molecule has 0 unspecified atom stereocenters. The number of fused-ring (bicyclic) bond motifs is 1. The van der Waals surface area contributed by atoms with Crippen LogP contribution in [-0.4, -0.2) is 49.1 Å². The van der Waals surface area contributed by atoms with Gasteiger partial charge in [0.1, 0.15) is 5.82 Å². The number of aryl methyl sites for hydroxylation is 2. The number of hydrogen-bond donors (Lipinski definition) is 2. The molecule has 1 aromatic heterocycles. The molecule has 204 valence electrons. The van der Waals surface area contributed by atoms with Crippen molar-refractivity contribution in [2.75, 3.05) is 36.8 Å². The second kappa shape index (κ2) is 10.6. The summed E-state index contributed by atoms with van der Waals surface area (Å²) in [7, 11) is -0.461. The average molecular weight is 572 g/mol. The number of benzene rings is 3. The van der Waals surface area contributed by atoms with E-state index in [2.05, 4.69) is 15.0 Å². The Balaban J connectivity index is 1.39. The molecule has 1 aliphatic rings. The predicted octanol–water partition coefficient (Wildman–Crippen LogP) is 4.68. The van der Waals surface area contributed by atoms with Crippen molar-refractivity contribution in [2.24, 2.45) is 13.0 Å². The van der Waals surface area contributed by atoms with Crippen molar-refractivity contribution in [1.29, 1.82) is 0 Å². The van der Waals surface area contributed by atoms with Gasteiger partial charge in [-0.2, -0.15) is 12.7 Å². The summed E-state index contributed by atoms with van der Waals surface area (Å²) < 4.78 is 50.6. The number of methoxy groups -OCH3 is 1. The van der Waals surface area contributed by atoms with E-state index in [1.54, 1.807) is 63.5 Å². The topological polar surface area (TPSA) is 106 Å². The van der Waals surface area contributed by atoms with E-state index in [4.69, 9.17) is 16.3 Å². The minimum absolute atomic E-state index is 0.0607. The Morgan fingerprint density at radius 3 is 2.54 bits per heavy atom. The average Bonchev–Trinajstić information content (AvgIpc) is 2.87. The maximum Gasteiger partial charge on any atom is 0.301 e. The van der Waals surface area contributed by atoms with Crippen LogP contribution >= 0.6 is 11.6 Å². The Hall–Kier alpha value is -3.51. The summed E-state index contributed by atoms with van der Waals surface area (Å²) in [5, 5.41) is 3.63. The number of nitrogens with one attached hydrogen (secondary N) is 2. The van der Waals surface area contributed by atoms with E-state index in [1.165, 1.54) is 21.3 Å². The van der Waals surface area contributed by atoms with Gasteiger partial charge in [-0.15, -0.1) is 0 Å². The Bertz CT molecular complexity index is 1720. The Kier molecular flexibility index (Phi) is 7.34. The highest BCUT2D eigenvalue weighted by Gasteiger charge is 2.35. The standard InChI is InChI=1S/C27H27ClFN5O4S/c1-16-22(10-11-23-24(16)27(35)33(2)15-30-23)31-26-21(29)9-8-20(25(26)28)18-4-6-19(7-5-18)32-39(36,37)34-12-17(13-34)14-38-3/h4-11,15,17,31-32H,12-14H2,1-3H3. The first-order valence-corrected chi connectivity index (χ1v) is 14.0. The molecule has 3 aromatic carbocycles. The molecule has 0 aliphatic carbocycles. The first-order valence-electron chi connectivity index (χ1n) is 12.2. The molecule has 0 spiro atoms. The molecule has 0 radical (unpaired) electrons. The first kappa shape index (κ1) is 27.1. The highest BCUT2D eigenvalue weighted by atomic mass is 35.5.